The molecule has 1 aliphatic heterocycles. The minimum absolute atomic E-state index is 0.250. The minimum atomic E-state index is -0.588. The number of hydrogen-bond donors (Lipinski definition) is 2. The van der Waals surface area contributed by atoms with E-state index in [1.807, 2.05) is 61.5 Å². The Balaban J connectivity index is 1.75. The van der Waals surface area contributed by atoms with E-state index in [4.69, 9.17) is 9.72 Å². The fourth-order valence-corrected chi connectivity index (χ4v) is 5.32. The molecule has 0 saturated carbocycles. The molecule has 0 bridgehead atoms. The average Bonchev–Trinajstić information content (AvgIpc) is 2.88. The lowest BCUT2D eigenvalue weighted by Crippen LogP contribution is -2.31. The second-order valence-corrected chi connectivity index (χ2v) is 9.45. The second-order valence-electron chi connectivity index (χ2n) is 8.49. The van der Waals surface area contributed by atoms with Gasteiger partial charge in [0.15, 0.2) is 5.16 Å². The zero-order valence-corrected chi connectivity index (χ0v) is 21.9. The van der Waals surface area contributed by atoms with Crippen molar-refractivity contribution < 1.29 is 9.53 Å². The van der Waals surface area contributed by atoms with Gasteiger partial charge in [0.25, 0.3) is 5.56 Å². The Hall–Kier alpha value is -3.52. The van der Waals surface area contributed by atoms with Crippen LogP contribution in [-0.2, 0) is 15.3 Å². The van der Waals surface area contributed by atoms with E-state index in [-0.39, 0.29) is 12.2 Å². The molecule has 1 atom stereocenters. The monoisotopic (exact) mass is 504 g/mol. The average molecular weight is 505 g/mol. The van der Waals surface area contributed by atoms with Crippen molar-refractivity contribution in [2.45, 2.75) is 44.5 Å². The molecule has 0 saturated heterocycles. The summed E-state index contributed by atoms with van der Waals surface area (Å²) in [5, 5.41) is 3.73. The third kappa shape index (κ3) is 5.33. The lowest BCUT2D eigenvalue weighted by atomic mass is 9.82. The van der Waals surface area contributed by atoms with E-state index in [9.17, 15) is 9.59 Å². The number of aromatic amines is 1. The van der Waals surface area contributed by atoms with Crippen LogP contribution in [0, 0.1) is 0 Å². The number of thioether (sulfide) groups is 1. The van der Waals surface area contributed by atoms with Gasteiger partial charge in [-0.3, -0.25) is 4.79 Å². The Morgan fingerprint density at radius 2 is 1.75 bits per heavy atom. The number of nitrogens with zero attached hydrogens (tertiary/aromatic N) is 2. The van der Waals surface area contributed by atoms with Crippen molar-refractivity contribution in [2.75, 3.05) is 29.9 Å². The molecule has 1 unspecified atom stereocenters. The molecule has 0 aliphatic carbocycles. The van der Waals surface area contributed by atoms with Crippen LogP contribution in [0.5, 0.6) is 0 Å². The van der Waals surface area contributed by atoms with E-state index in [2.05, 4.69) is 29.0 Å². The molecule has 2 heterocycles. The number of carbonyl (C=O) groups is 1. The predicted molar refractivity (Wildman–Crippen MR) is 146 cm³/mol. The Bertz CT molecular complexity index is 1300. The number of aromatic nitrogens is 2. The van der Waals surface area contributed by atoms with Crippen molar-refractivity contribution in [3.8, 4) is 0 Å². The number of fused-ring (bicyclic) bond motifs is 1. The summed E-state index contributed by atoms with van der Waals surface area (Å²) >= 11 is 1.46. The lowest BCUT2D eigenvalue weighted by Gasteiger charge is -2.29. The van der Waals surface area contributed by atoms with Crippen molar-refractivity contribution in [1.82, 2.24) is 9.97 Å². The van der Waals surface area contributed by atoms with Gasteiger partial charge in [0, 0.05) is 30.2 Å². The van der Waals surface area contributed by atoms with Gasteiger partial charge in [0.2, 0.25) is 0 Å². The highest BCUT2D eigenvalue weighted by Crippen LogP contribution is 2.40. The molecule has 2 N–H and O–H groups in total. The van der Waals surface area contributed by atoms with Crippen LogP contribution < -0.4 is 15.8 Å². The predicted octanol–water partition coefficient (Wildman–Crippen LogP) is 5.30. The van der Waals surface area contributed by atoms with Crippen molar-refractivity contribution in [2.24, 2.45) is 0 Å². The molecule has 0 amide bonds. The first kappa shape index (κ1) is 25.6. The molecule has 3 aromatic rings. The summed E-state index contributed by atoms with van der Waals surface area (Å²) in [7, 11) is 0. The maximum Gasteiger partial charge on any atom is 0.336 e. The van der Waals surface area contributed by atoms with Gasteiger partial charge in [-0.2, -0.15) is 0 Å². The summed E-state index contributed by atoms with van der Waals surface area (Å²) in [6.45, 7) is 9.87. The highest BCUT2D eigenvalue weighted by atomic mass is 32.2. The summed E-state index contributed by atoms with van der Waals surface area (Å²) in [6.07, 6.45) is 0. The molecule has 0 fully saturated rings. The fourth-order valence-electron chi connectivity index (χ4n) is 4.50. The molecule has 1 aliphatic rings. The largest absolute Gasteiger partial charge is 0.463 e. The van der Waals surface area contributed by atoms with Gasteiger partial charge < -0.3 is 19.9 Å². The topological polar surface area (TPSA) is 87.3 Å². The van der Waals surface area contributed by atoms with Crippen molar-refractivity contribution >= 4 is 29.2 Å². The summed E-state index contributed by atoms with van der Waals surface area (Å²) < 4.78 is 5.38. The van der Waals surface area contributed by atoms with Crippen molar-refractivity contribution in [1.29, 1.82) is 0 Å². The maximum absolute atomic E-state index is 13.4. The van der Waals surface area contributed by atoms with Crippen LogP contribution in [-0.4, -0.2) is 35.6 Å². The quantitative estimate of drug-likeness (QED) is 0.232. The van der Waals surface area contributed by atoms with Gasteiger partial charge in [0.1, 0.15) is 5.82 Å². The zero-order valence-electron chi connectivity index (χ0n) is 21.1. The van der Waals surface area contributed by atoms with Gasteiger partial charge in [-0.1, -0.05) is 54.2 Å². The molecule has 4 rings (SSSR count). The number of nitrogens with one attached hydrogen (secondary N) is 2. The Morgan fingerprint density at radius 1 is 1.06 bits per heavy atom. The maximum atomic E-state index is 13.4. The molecule has 2 aromatic carbocycles. The van der Waals surface area contributed by atoms with Crippen LogP contribution in [0.1, 0.15) is 50.3 Å². The van der Waals surface area contributed by atoms with E-state index in [0.717, 1.165) is 29.9 Å². The van der Waals surface area contributed by atoms with Crippen molar-refractivity contribution in [3.63, 3.8) is 0 Å². The second kappa shape index (κ2) is 11.5. The summed E-state index contributed by atoms with van der Waals surface area (Å²) in [6, 6.07) is 18.1. The van der Waals surface area contributed by atoms with E-state index in [1.54, 1.807) is 6.92 Å². The number of hydrogen-bond acceptors (Lipinski definition) is 7. The Morgan fingerprint density at radius 3 is 2.39 bits per heavy atom. The standard InChI is InChI=1S/C28H32N4O3S/c1-5-32(6-2)21-15-13-20(14-16-21)23-22(27(34)35-7-3)18(4)29-25-24(23)26(33)31-28(30-25)36-17-19-11-9-8-10-12-19/h8-16,23H,5-7,17H2,1-4H3,(H2,29,30,31,33). The molecular formula is C28H32N4O3S. The Labute approximate surface area is 216 Å². The van der Waals surface area contributed by atoms with Crippen LogP contribution >= 0.6 is 11.8 Å². The van der Waals surface area contributed by atoms with Crippen LogP contribution in [0.15, 0.2) is 75.8 Å². The van der Waals surface area contributed by atoms with Gasteiger partial charge >= 0.3 is 5.97 Å². The number of H-pyrrole nitrogens is 1. The molecule has 8 heteroatoms. The minimum Gasteiger partial charge on any atom is -0.463 e. The number of ether oxygens (including phenoxy) is 1. The third-order valence-electron chi connectivity index (χ3n) is 6.29. The van der Waals surface area contributed by atoms with Gasteiger partial charge in [-0.15, -0.1) is 0 Å². The first-order valence-corrected chi connectivity index (χ1v) is 13.3. The van der Waals surface area contributed by atoms with E-state index >= 15 is 0 Å². The van der Waals surface area contributed by atoms with E-state index < -0.39 is 11.9 Å². The number of carbonyl (C=O) groups excluding carboxylic acids is 1. The lowest BCUT2D eigenvalue weighted by molar-refractivity contribution is -0.138. The highest BCUT2D eigenvalue weighted by Gasteiger charge is 2.36. The number of benzene rings is 2. The molecule has 7 nitrogen and oxygen atoms in total. The van der Waals surface area contributed by atoms with E-state index in [1.165, 1.54) is 11.8 Å². The fraction of sp³-hybridized carbons (Fsp3) is 0.321. The number of anilines is 2. The van der Waals surface area contributed by atoms with Crippen LogP contribution in [0.25, 0.3) is 0 Å². The smallest absolute Gasteiger partial charge is 0.336 e. The first-order chi connectivity index (χ1) is 17.5. The molecule has 0 radical (unpaired) electrons. The molecule has 188 valence electrons. The summed E-state index contributed by atoms with van der Waals surface area (Å²) in [5.74, 6) is 0.128. The van der Waals surface area contributed by atoms with E-state index in [0.29, 0.717) is 33.6 Å². The van der Waals surface area contributed by atoms with Gasteiger partial charge in [-0.25, -0.2) is 9.78 Å². The van der Waals surface area contributed by atoms with Gasteiger partial charge in [0.05, 0.1) is 23.7 Å². The first-order valence-electron chi connectivity index (χ1n) is 12.3. The molecule has 0 spiro atoms. The van der Waals surface area contributed by atoms with Crippen molar-refractivity contribution in [3.05, 3.63) is 92.9 Å². The molecule has 1 aromatic heterocycles. The van der Waals surface area contributed by atoms with Crippen LogP contribution in [0.2, 0.25) is 0 Å². The third-order valence-corrected chi connectivity index (χ3v) is 7.23. The SMILES string of the molecule is CCOC(=O)C1=C(C)Nc2nc(SCc3ccccc3)[nH]c(=O)c2C1c1ccc(N(CC)CC)cc1. The van der Waals surface area contributed by atoms with Gasteiger partial charge in [-0.05, 0) is 51.0 Å². The number of esters is 1. The number of rotatable bonds is 9. The molecular weight excluding hydrogens is 472 g/mol. The molecule has 36 heavy (non-hydrogen) atoms. The van der Waals surface area contributed by atoms with Crippen LogP contribution in [0.3, 0.4) is 0 Å². The number of allylic oxidation sites excluding steroid dienone is 1. The van der Waals surface area contributed by atoms with Crippen LogP contribution in [0.4, 0.5) is 11.5 Å². The zero-order chi connectivity index (χ0) is 25.7. The Kier molecular flexibility index (Phi) is 8.15. The highest BCUT2D eigenvalue weighted by molar-refractivity contribution is 7.98. The summed E-state index contributed by atoms with van der Waals surface area (Å²) in [5.41, 5.74) is 4.29. The normalized spacial score (nSPS) is 14.7. The summed E-state index contributed by atoms with van der Waals surface area (Å²) in [4.78, 5) is 36.4.